The van der Waals surface area contributed by atoms with Crippen molar-refractivity contribution in [2.24, 2.45) is 0 Å². The van der Waals surface area contributed by atoms with E-state index in [2.05, 4.69) is 10.1 Å². The minimum Gasteiger partial charge on any atom is -0.492 e. The Morgan fingerprint density at radius 2 is 1.75 bits per heavy atom. The molecular weight excluding hydrogens is 405 g/mol. The standard InChI is InChI=1S/C20H23Cl2NO5/c1-13(12-27-17-5-3-14(4-6-17)7-19(24)26-2)23-11-20(25)28-18-9-15(21)8-16(22)10-18/h3-6,8-10,13,20,23,25H,7,11-12H2,1-2H3. The highest BCUT2D eigenvalue weighted by atomic mass is 35.5. The number of hydrogen-bond donors (Lipinski definition) is 2. The van der Waals surface area contributed by atoms with E-state index in [4.69, 9.17) is 32.7 Å². The Bertz CT molecular complexity index is 749. The average Bonchev–Trinajstić information content (AvgIpc) is 2.65. The molecule has 152 valence electrons. The van der Waals surface area contributed by atoms with Crippen LogP contribution in [0.1, 0.15) is 12.5 Å². The van der Waals surface area contributed by atoms with E-state index in [0.717, 1.165) is 5.56 Å². The Hall–Kier alpha value is -1.99. The third kappa shape index (κ3) is 7.94. The number of aliphatic hydroxyl groups excluding tert-OH is 1. The predicted molar refractivity (Wildman–Crippen MR) is 108 cm³/mol. The summed E-state index contributed by atoms with van der Waals surface area (Å²) in [7, 11) is 1.36. The molecule has 0 aliphatic rings. The lowest BCUT2D eigenvalue weighted by Crippen LogP contribution is -2.39. The first-order valence-electron chi connectivity index (χ1n) is 8.68. The molecule has 2 unspecified atom stereocenters. The number of rotatable bonds is 10. The van der Waals surface area contributed by atoms with Gasteiger partial charge < -0.3 is 24.6 Å². The summed E-state index contributed by atoms with van der Waals surface area (Å²) in [5.74, 6) is 0.794. The molecule has 2 rings (SSSR count). The van der Waals surface area contributed by atoms with Crippen molar-refractivity contribution in [3.05, 3.63) is 58.1 Å². The lowest BCUT2D eigenvalue weighted by molar-refractivity contribution is -0.139. The maximum absolute atomic E-state index is 11.3. The van der Waals surface area contributed by atoms with Crippen LogP contribution in [0, 0.1) is 0 Å². The predicted octanol–water partition coefficient (Wildman–Crippen LogP) is 3.46. The van der Waals surface area contributed by atoms with Crippen molar-refractivity contribution in [3.63, 3.8) is 0 Å². The number of benzene rings is 2. The molecule has 2 N–H and O–H groups in total. The van der Waals surface area contributed by atoms with Gasteiger partial charge in [-0.2, -0.15) is 0 Å². The zero-order valence-electron chi connectivity index (χ0n) is 15.7. The number of esters is 1. The Balaban J connectivity index is 1.71. The first kappa shape index (κ1) is 22.3. The minimum atomic E-state index is -1.06. The lowest BCUT2D eigenvalue weighted by atomic mass is 10.1. The third-order valence-electron chi connectivity index (χ3n) is 3.75. The number of nitrogens with one attached hydrogen (secondary N) is 1. The van der Waals surface area contributed by atoms with Gasteiger partial charge >= 0.3 is 5.97 Å². The van der Waals surface area contributed by atoms with Crippen molar-refractivity contribution in [2.75, 3.05) is 20.3 Å². The Morgan fingerprint density at radius 3 is 2.36 bits per heavy atom. The number of hydrogen-bond acceptors (Lipinski definition) is 6. The molecule has 0 aromatic heterocycles. The van der Waals surface area contributed by atoms with Crippen LogP contribution in [0.2, 0.25) is 10.0 Å². The summed E-state index contributed by atoms with van der Waals surface area (Å²) in [5, 5.41) is 14.0. The summed E-state index contributed by atoms with van der Waals surface area (Å²) in [6, 6.07) is 11.9. The molecule has 2 atom stereocenters. The summed E-state index contributed by atoms with van der Waals surface area (Å²) in [4.78, 5) is 11.3. The van der Waals surface area contributed by atoms with E-state index in [1.165, 1.54) is 7.11 Å². The van der Waals surface area contributed by atoms with Gasteiger partial charge in [-0.3, -0.25) is 4.79 Å². The number of methoxy groups -OCH3 is 1. The van der Waals surface area contributed by atoms with E-state index < -0.39 is 6.29 Å². The van der Waals surface area contributed by atoms with Gasteiger partial charge in [0.05, 0.1) is 20.1 Å². The molecule has 8 heteroatoms. The van der Waals surface area contributed by atoms with Crippen molar-refractivity contribution < 1.29 is 24.1 Å². The van der Waals surface area contributed by atoms with Crippen LogP contribution in [-0.2, 0) is 16.0 Å². The zero-order chi connectivity index (χ0) is 20.5. The third-order valence-corrected chi connectivity index (χ3v) is 4.19. The first-order valence-corrected chi connectivity index (χ1v) is 9.44. The fourth-order valence-corrected chi connectivity index (χ4v) is 2.83. The highest BCUT2D eigenvalue weighted by molar-refractivity contribution is 6.34. The second kappa shape index (κ2) is 11.1. The van der Waals surface area contributed by atoms with Crippen molar-refractivity contribution in [3.8, 4) is 11.5 Å². The van der Waals surface area contributed by atoms with Gasteiger partial charge in [-0.05, 0) is 42.8 Å². The van der Waals surface area contributed by atoms with Gasteiger partial charge in [-0.25, -0.2) is 0 Å². The maximum atomic E-state index is 11.3. The molecule has 6 nitrogen and oxygen atoms in total. The van der Waals surface area contributed by atoms with Crippen LogP contribution in [0.5, 0.6) is 11.5 Å². The molecule has 0 radical (unpaired) electrons. The maximum Gasteiger partial charge on any atom is 0.309 e. The summed E-state index contributed by atoms with van der Waals surface area (Å²) in [5.41, 5.74) is 0.853. The van der Waals surface area contributed by atoms with Crippen LogP contribution in [0.4, 0.5) is 0 Å². The highest BCUT2D eigenvalue weighted by Gasteiger charge is 2.10. The number of carbonyl (C=O) groups is 1. The summed E-state index contributed by atoms with van der Waals surface area (Å²) >= 11 is 11.8. The van der Waals surface area contributed by atoms with E-state index in [1.807, 2.05) is 19.1 Å². The van der Waals surface area contributed by atoms with E-state index in [9.17, 15) is 9.90 Å². The highest BCUT2D eigenvalue weighted by Crippen LogP contribution is 2.24. The molecule has 0 spiro atoms. The van der Waals surface area contributed by atoms with Crippen molar-refractivity contribution >= 4 is 29.2 Å². The number of ether oxygens (including phenoxy) is 3. The molecule has 2 aromatic carbocycles. The molecule has 2 aromatic rings. The monoisotopic (exact) mass is 427 g/mol. The van der Waals surface area contributed by atoms with E-state index in [0.29, 0.717) is 28.2 Å². The van der Waals surface area contributed by atoms with Crippen molar-refractivity contribution in [1.29, 1.82) is 0 Å². The Morgan fingerprint density at radius 1 is 1.11 bits per heavy atom. The number of aliphatic hydroxyl groups is 1. The summed E-state index contributed by atoms with van der Waals surface area (Å²) in [6.45, 7) is 2.52. The van der Waals surface area contributed by atoms with E-state index >= 15 is 0 Å². The van der Waals surface area contributed by atoms with Crippen molar-refractivity contribution in [1.82, 2.24) is 5.32 Å². The van der Waals surface area contributed by atoms with Gasteiger partial charge in [0.1, 0.15) is 18.1 Å². The molecule has 0 saturated carbocycles. The SMILES string of the molecule is COC(=O)Cc1ccc(OCC(C)NCC(O)Oc2cc(Cl)cc(Cl)c2)cc1. The van der Waals surface area contributed by atoms with Crippen LogP contribution in [0.3, 0.4) is 0 Å². The minimum absolute atomic E-state index is 0.0315. The van der Waals surface area contributed by atoms with Gasteiger partial charge in [0.2, 0.25) is 6.29 Å². The number of halogens is 2. The summed E-state index contributed by atoms with van der Waals surface area (Å²) < 4.78 is 15.7. The van der Waals surface area contributed by atoms with E-state index in [-0.39, 0.29) is 25.0 Å². The number of carbonyl (C=O) groups excluding carboxylic acids is 1. The van der Waals surface area contributed by atoms with Gasteiger partial charge in [-0.15, -0.1) is 0 Å². The smallest absolute Gasteiger partial charge is 0.309 e. The van der Waals surface area contributed by atoms with Gasteiger partial charge in [0, 0.05) is 16.1 Å². The van der Waals surface area contributed by atoms with Gasteiger partial charge in [-0.1, -0.05) is 35.3 Å². The second-order valence-electron chi connectivity index (χ2n) is 6.19. The van der Waals surface area contributed by atoms with Gasteiger partial charge in [0.25, 0.3) is 0 Å². The molecule has 0 bridgehead atoms. The van der Waals surface area contributed by atoms with E-state index in [1.54, 1.807) is 30.3 Å². The molecule has 0 heterocycles. The summed E-state index contributed by atoms with van der Waals surface area (Å²) in [6.07, 6.45) is -0.834. The van der Waals surface area contributed by atoms with Crippen LogP contribution >= 0.6 is 23.2 Å². The van der Waals surface area contributed by atoms with Crippen LogP contribution in [-0.4, -0.2) is 43.7 Å². The largest absolute Gasteiger partial charge is 0.492 e. The molecule has 28 heavy (non-hydrogen) atoms. The molecule has 0 amide bonds. The van der Waals surface area contributed by atoms with Crippen molar-refractivity contribution in [2.45, 2.75) is 25.7 Å². The van der Waals surface area contributed by atoms with Crippen LogP contribution < -0.4 is 14.8 Å². The quantitative estimate of drug-likeness (QED) is 0.446. The second-order valence-corrected chi connectivity index (χ2v) is 7.07. The lowest BCUT2D eigenvalue weighted by Gasteiger charge is -2.19. The van der Waals surface area contributed by atoms with Gasteiger partial charge in [0.15, 0.2) is 0 Å². The topological polar surface area (TPSA) is 77.0 Å². The van der Waals surface area contributed by atoms with Crippen LogP contribution in [0.15, 0.2) is 42.5 Å². The first-order chi connectivity index (χ1) is 13.4. The zero-order valence-corrected chi connectivity index (χ0v) is 17.2. The van der Waals surface area contributed by atoms with Crippen LogP contribution in [0.25, 0.3) is 0 Å². The fraction of sp³-hybridized carbons (Fsp3) is 0.350. The fourth-order valence-electron chi connectivity index (χ4n) is 2.32. The Labute approximate surface area is 174 Å². The molecule has 0 aliphatic carbocycles. The molecule has 0 aliphatic heterocycles. The average molecular weight is 428 g/mol. The molecule has 0 fully saturated rings. The molecular formula is C20H23Cl2NO5. The normalized spacial score (nSPS) is 12.9. The Kier molecular flexibility index (Phi) is 8.86. The molecule has 0 saturated heterocycles.